The molecule has 0 fully saturated rings. The van der Waals surface area contributed by atoms with E-state index >= 15 is 0 Å². The van der Waals surface area contributed by atoms with Gasteiger partial charge in [0, 0.05) is 67.1 Å². The minimum absolute atomic E-state index is 0.835. The molecule has 0 spiro atoms. The average molecular weight is 643 g/mol. The fraction of sp³-hybridized carbons (Fsp3) is 0. The number of hydrogen-bond acceptors (Lipinski definition) is 4. The molecule has 2 aromatic heterocycles. The monoisotopic (exact) mass is 642 g/mol. The Balaban J connectivity index is 1.12. The molecule has 236 valence electrons. The second-order valence-corrected chi connectivity index (χ2v) is 12.6. The summed E-state index contributed by atoms with van der Waals surface area (Å²) in [6, 6.07) is 63.6. The van der Waals surface area contributed by atoms with Gasteiger partial charge < -0.3 is 18.6 Å². The SMILES string of the molecule is c1ccc(N(c2ccccc2)c2ccc3oc4cc(N(c5ccccc5)c5ccc6ccc7c8ccccc8oc7c6c5)ccc4c3c2)cc1. The van der Waals surface area contributed by atoms with Gasteiger partial charge in [-0.25, -0.2) is 0 Å². The molecular formula is C46H30N2O2. The molecule has 0 unspecified atom stereocenters. The van der Waals surface area contributed by atoms with Crippen molar-refractivity contribution in [1.29, 1.82) is 0 Å². The molecular weight excluding hydrogens is 613 g/mol. The van der Waals surface area contributed by atoms with Crippen LogP contribution in [0.3, 0.4) is 0 Å². The van der Waals surface area contributed by atoms with E-state index in [1.807, 2.05) is 30.3 Å². The van der Waals surface area contributed by atoms with E-state index in [0.29, 0.717) is 0 Å². The van der Waals surface area contributed by atoms with Gasteiger partial charge >= 0.3 is 0 Å². The minimum atomic E-state index is 0.835. The lowest BCUT2D eigenvalue weighted by molar-refractivity contribution is 0.669. The van der Waals surface area contributed by atoms with Crippen LogP contribution in [-0.2, 0) is 0 Å². The summed E-state index contributed by atoms with van der Waals surface area (Å²) in [5, 5.41) is 6.61. The lowest BCUT2D eigenvalue weighted by Crippen LogP contribution is -2.09. The van der Waals surface area contributed by atoms with Gasteiger partial charge in [0.2, 0.25) is 0 Å². The van der Waals surface area contributed by atoms with E-state index in [0.717, 1.165) is 88.8 Å². The molecule has 0 aliphatic carbocycles. The number of furan rings is 2. The molecule has 0 atom stereocenters. The van der Waals surface area contributed by atoms with Crippen molar-refractivity contribution in [1.82, 2.24) is 0 Å². The van der Waals surface area contributed by atoms with E-state index in [4.69, 9.17) is 8.83 Å². The first-order chi connectivity index (χ1) is 24.8. The van der Waals surface area contributed by atoms with E-state index in [2.05, 4.69) is 161 Å². The number of benzene rings is 8. The van der Waals surface area contributed by atoms with Crippen LogP contribution in [0.15, 0.2) is 191 Å². The van der Waals surface area contributed by atoms with Crippen LogP contribution in [0.1, 0.15) is 0 Å². The Labute approximate surface area is 288 Å². The fourth-order valence-electron chi connectivity index (χ4n) is 7.29. The van der Waals surface area contributed by atoms with Crippen molar-refractivity contribution >= 4 is 88.8 Å². The van der Waals surface area contributed by atoms with Crippen molar-refractivity contribution in [2.45, 2.75) is 0 Å². The fourth-order valence-corrected chi connectivity index (χ4v) is 7.29. The van der Waals surface area contributed by atoms with Crippen LogP contribution in [0.25, 0.3) is 54.6 Å². The second-order valence-electron chi connectivity index (χ2n) is 12.6. The second kappa shape index (κ2) is 11.4. The molecule has 0 N–H and O–H groups in total. The van der Waals surface area contributed by atoms with Gasteiger partial charge in [-0.1, -0.05) is 84.9 Å². The Kier molecular flexibility index (Phi) is 6.46. The molecule has 8 aromatic carbocycles. The van der Waals surface area contributed by atoms with E-state index in [9.17, 15) is 0 Å². The summed E-state index contributed by atoms with van der Waals surface area (Å²) in [4.78, 5) is 4.56. The van der Waals surface area contributed by atoms with Crippen molar-refractivity contribution in [3.8, 4) is 0 Å². The number of anilines is 6. The van der Waals surface area contributed by atoms with Gasteiger partial charge in [0.25, 0.3) is 0 Å². The maximum atomic E-state index is 6.56. The van der Waals surface area contributed by atoms with E-state index < -0.39 is 0 Å². The molecule has 0 radical (unpaired) electrons. The first-order valence-electron chi connectivity index (χ1n) is 16.8. The number of fused-ring (bicyclic) bond motifs is 8. The zero-order valence-corrected chi connectivity index (χ0v) is 27.0. The standard InChI is InChI=1S/C46H30N2O2/c1-4-12-32(13-5-1)47(33-14-6-2-7-15-33)36-24-27-44-42(29-36)39-26-23-37(30-45(39)49-44)48(34-16-8-3-9-17-34)35-22-20-31-21-25-40-38-18-10-11-19-43(38)50-46(40)41(31)28-35/h1-30H. The van der Waals surface area contributed by atoms with Crippen molar-refractivity contribution in [2.24, 2.45) is 0 Å². The third-order valence-corrected chi connectivity index (χ3v) is 9.60. The number of hydrogen-bond donors (Lipinski definition) is 0. The van der Waals surface area contributed by atoms with Gasteiger partial charge in [0.1, 0.15) is 22.3 Å². The van der Waals surface area contributed by atoms with Crippen LogP contribution in [0.2, 0.25) is 0 Å². The lowest BCUT2D eigenvalue weighted by Gasteiger charge is -2.26. The molecule has 0 saturated heterocycles. The van der Waals surface area contributed by atoms with Gasteiger partial charge in [0.05, 0.1) is 0 Å². The third kappa shape index (κ3) is 4.61. The van der Waals surface area contributed by atoms with Gasteiger partial charge in [-0.2, -0.15) is 0 Å². The van der Waals surface area contributed by atoms with Crippen molar-refractivity contribution in [2.75, 3.05) is 9.80 Å². The van der Waals surface area contributed by atoms with Crippen LogP contribution in [-0.4, -0.2) is 0 Å². The topological polar surface area (TPSA) is 32.8 Å². The first kappa shape index (κ1) is 28.3. The first-order valence-corrected chi connectivity index (χ1v) is 16.8. The van der Waals surface area contributed by atoms with Gasteiger partial charge in [-0.05, 0) is 96.4 Å². The molecule has 0 bridgehead atoms. The molecule has 50 heavy (non-hydrogen) atoms. The van der Waals surface area contributed by atoms with Crippen molar-refractivity contribution in [3.63, 3.8) is 0 Å². The molecule has 4 heteroatoms. The lowest BCUT2D eigenvalue weighted by atomic mass is 10.0. The number of rotatable bonds is 6. The van der Waals surface area contributed by atoms with Crippen molar-refractivity contribution < 1.29 is 8.83 Å². The Hall–Kier alpha value is -6.78. The smallest absolute Gasteiger partial charge is 0.143 e. The molecule has 0 saturated carbocycles. The molecule has 0 aliphatic rings. The van der Waals surface area contributed by atoms with E-state index in [-0.39, 0.29) is 0 Å². The third-order valence-electron chi connectivity index (χ3n) is 9.60. The Morgan fingerprint density at radius 2 is 0.760 bits per heavy atom. The molecule has 10 rings (SSSR count). The van der Waals surface area contributed by atoms with Gasteiger partial charge in [-0.3, -0.25) is 0 Å². The van der Waals surface area contributed by atoms with E-state index in [1.165, 1.54) is 0 Å². The molecule has 10 aromatic rings. The highest BCUT2D eigenvalue weighted by atomic mass is 16.3. The van der Waals surface area contributed by atoms with Crippen LogP contribution in [0.5, 0.6) is 0 Å². The predicted octanol–water partition coefficient (Wildman–Crippen LogP) is 13.6. The number of nitrogens with zero attached hydrogens (tertiary/aromatic N) is 2. The van der Waals surface area contributed by atoms with E-state index in [1.54, 1.807) is 0 Å². The molecule has 0 aliphatic heterocycles. The Morgan fingerprint density at radius 3 is 1.46 bits per heavy atom. The molecule has 0 amide bonds. The van der Waals surface area contributed by atoms with Gasteiger partial charge in [-0.15, -0.1) is 0 Å². The average Bonchev–Trinajstić information content (AvgIpc) is 3.74. The Bertz CT molecular complexity index is 2780. The summed E-state index contributed by atoms with van der Waals surface area (Å²) in [6.45, 7) is 0. The maximum absolute atomic E-state index is 6.56. The Morgan fingerprint density at radius 1 is 0.280 bits per heavy atom. The van der Waals surface area contributed by atoms with Crippen molar-refractivity contribution in [3.05, 3.63) is 182 Å². The predicted molar refractivity (Wildman–Crippen MR) is 208 cm³/mol. The highest BCUT2D eigenvalue weighted by Gasteiger charge is 2.19. The summed E-state index contributed by atoms with van der Waals surface area (Å²) in [5.74, 6) is 0. The largest absolute Gasteiger partial charge is 0.456 e. The maximum Gasteiger partial charge on any atom is 0.143 e. The molecule has 2 heterocycles. The normalized spacial score (nSPS) is 11.6. The van der Waals surface area contributed by atoms with Gasteiger partial charge in [0.15, 0.2) is 0 Å². The summed E-state index contributed by atoms with van der Waals surface area (Å²) in [6.07, 6.45) is 0. The van der Waals surface area contributed by atoms with Crippen LogP contribution in [0.4, 0.5) is 34.1 Å². The summed E-state index contributed by atoms with van der Waals surface area (Å²) >= 11 is 0. The summed E-state index contributed by atoms with van der Waals surface area (Å²) < 4.78 is 13.0. The van der Waals surface area contributed by atoms with Crippen LogP contribution in [0, 0.1) is 0 Å². The minimum Gasteiger partial charge on any atom is -0.456 e. The zero-order valence-electron chi connectivity index (χ0n) is 27.0. The summed E-state index contributed by atoms with van der Waals surface area (Å²) in [5.41, 5.74) is 9.86. The summed E-state index contributed by atoms with van der Waals surface area (Å²) in [7, 11) is 0. The highest BCUT2D eigenvalue weighted by Crippen LogP contribution is 2.43. The number of para-hydroxylation sites is 4. The van der Waals surface area contributed by atoms with Crippen LogP contribution >= 0.6 is 0 Å². The highest BCUT2D eigenvalue weighted by molar-refractivity contribution is 6.16. The quantitative estimate of drug-likeness (QED) is 0.181. The molecule has 4 nitrogen and oxygen atoms in total. The van der Waals surface area contributed by atoms with Crippen LogP contribution < -0.4 is 9.80 Å². The zero-order chi connectivity index (χ0) is 33.0.